The predicted octanol–water partition coefficient (Wildman–Crippen LogP) is 1.14. The van der Waals surface area contributed by atoms with Crippen molar-refractivity contribution >= 4 is 9.84 Å². The Labute approximate surface area is 107 Å². The number of benzene rings is 1. The largest absolute Gasteiger partial charge is 0.489 e. The van der Waals surface area contributed by atoms with Gasteiger partial charge in [-0.1, -0.05) is 19.1 Å². The Balaban J connectivity index is 2.72. The summed E-state index contributed by atoms with van der Waals surface area (Å²) < 4.78 is 41.4. The lowest BCUT2D eigenvalue weighted by atomic mass is 10.1. The zero-order valence-electron chi connectivity index (χ0n) is 10.4. The first-order valence-corrected chi connectivity index (χ1v) is 7.63. The van der Waals surface area contributed by atoms with Crippen LogP contribution in [0.1, 0.15) is 12.5 Å². The average molecular weight is 275 g/mol. The fraction of sp³-hybridized carbons (Fsp3) is 0.500. The molecule has 1 aromatic rings. The van der Waals surface area contributed by atoms with Gasteiger partial charge in [0.2, 0.25) is 0 Å². The number of sulfone groups is 1. The number of halogens is 1. The van der Waals surface area contributed by atoms with E-state index in [1.54, 1.807) is 19.1 Å². The van der Waals surface area contributed by atoms with Gasteiger partial charge < -0.3 is 10.5 Å². The van der Waals surface area contributed by atoms with Crippen LogP contribution in [0.4, 0.5) is 4.39 Å². The topological polar surface area (TPSA) is 69.4 Å². The van der Waals surface area contributed by atoms with E-state index >= 15 is 0 Å². The molecule has 1 aromatic carbocycles. The molecule has 1 rings (SSSR count). The Hall–Kier alpha value is -1.14. The van der Waals surface area contributed by atoms with E-state index in [9.17, 15) is 12.8 Å². The van der Waals surface area contributed by atoms with E-state index in [-0.39, 0.29) is 23.9 Å². The summed E-state index contributed by atoms with van der Waals surface area (Å²) >= 11 is 0. The third kappa shape index (κ3) is 4.27. The van der Waals surface area contributed by atoms with E-state index < -0.39 is 15.7 Å². The molecule has 0 fully saturated rings. The maximum Gasteiger partial charge on any atom is 0.165 e. The Morgan fingerprint density at radius 1 is 1.39 bits per heavy atom. The standard InChI is InChI=1S/C12H18FNO3S/c1-2-18(15,16)9-8-17-12-10(6-7-14)4-3-5-11(12)13/h3-5H,2,6-9,14H2,1H3. The molecular formula is C12H18FNO3S. The van der Waals surface area contributed by atoms with Gasteiger partial charge in [0, 0.05) is 5.75 Å². The molecule has 0 aromatic heterocycles. The average Bonchev–Trinajstić information content (AvgIpc) is 2.33. The van der Waals surface area contributed by atoms with Crippen molar-refractivity contribution in [3.63, 3.8) is 0 Å². The van der Waals surface area contributed by atoms with Crippen LogP contribution in [0, 0.1) is 5.82 Å². The molecule has 0 saturated carbocycles. The van der Waals surface area contributed by atoms with Gasteiger partial charge in [-0.05, 0) is 24.6 Å². The number of para-hydroxylation sites is 1. The second kappa shape index (κ2) is 6.70. The molecule has 0 aliphatic carbocycles. The van der Waals surface area contributed by atoms with Crippen molar-refractivity contribution in [2.75, 3.05) is 24.7 Å². The predicted molar refractivity (Wildman–Crippen MR) is 69.0 cm³/mol. The van der Waals surface area contributed by atoms with Crippen LogP contribution >= 0.6 is 0 Å². The smallest absolute Gasteiger partial charge is 0.165 e. The number of hydrogen-bond donors (Lipinski definition) is 1. The van der Waals surface area contributed by atoms with Gasteiger partial charge in [-0.25, -0.2) is 12.8 Å². The molecule has 0 radical (unpaired) electrons. The molecule has 0 unspecified atom stereocenters. The Morgan fingerprint density at radius 3 is 2.72 bits per heavy atom. The van der Waals surface area contributed by atoms with Crippen molar-refractivity contribution in [2.24, 2.45) is 5.73 Å². The molecule has 0 spiro atoms. The minimum absolute atomic E-state index is 0.0469. The van der Waals surface area contributed by atoms with Gasteiger partial charge in [0.15, 0.2) is 21.4 Å². The van der Waals surface area contributed by atoms with E-state index in [1.165, 1.54) is 6.07 Å². The molecule has 0 amide bonds. The highest BCUT2D eigenvalue weighted by Crippen LogP contribution is 2.22. The zero-order valence-corrected chi connectivity index (χ0v) is 11.2. The molecule has 0 bridgehead atoms. The summed E-state index contributed by atoms with van der Waals surface area (Å²) in [5.74, 6) is -0.437. The van der Waals surface area contributed by atoms with Gasteiger partial charge in [0.05, 0.1) is 5.75 Å². The highest BCUT2D eigenvalue weighted by molar-refractivity contribution is 7.91. The molecule has 18 heavy (non-hydrogen) atoms. The summed E-state index contributed by atoms with van der Waals surface area (Å²) in [5, 5.41) is 0. The Morgan fingerprint density at radius 2 is 2.11 bits per heavy atom. The summed E-state index contributed by atoms with van der Waals surface area (Å²) in [6.07, 6.45) is 0.494. The summed E-state index contributed by atoms with van der Waals surface area (Å²) in [6.45, 7) is 1.90. The van der Waals surface area contributed by atoms with E-state index in [2.05, 4.69) is 0 Å². The molecule has 0 atom stereocenters. The van der Waals surface area contributed by atoms with Crippen LogP contribution < -0.4 is 10.5 Å². The third-order valence-corrected chi connectivity index (χ3v) is 4.21. The van der Waals surface area contributed by atoms with Gasteiger partial charge in [0.25, 0.3) is 0 Å². The molecule has 0 aliphatic rings. The van der Waals surface area contributed by atoms with Crippen molar-refractivity contribution in [3.05, 3.63) is 29.6 Å². The highest BCUT2D eigenvalue weighted by Gasteiger charge is 2.12. The lowest BCUT2D eigenvalue weighted by Gasteiger charge is -2.11. The number of rotatable bonds is 7. The quantitative estimate of drug-likeness (QED) is 0.810. The maximum absolute atomic E-state index is 13.6. The van der Waals surface area contributed by atoms with Gasteiger partial charge in [-0.3, -0.25) is 0 Å². The first kappa shape index (κ1) is 14.9. The van der Waals surface area contributed by atoms with Crippen LogP contribution in [0.25, 0.3) is 0 Å². The maximum atomic E-state index is 13.6. The summed E-state index contributed by atoms with van der Waals surface area (Å²) in [5.41, 5.74) is 6.08. The Kier molecular flexibility index (Phi) is 5.55. The van der Waals surface area contributed by atoms with E-state index in [0.717, 1.165) is 0 Å². The van der Waals surface area contributed by atoms with Crippen molar-refractivity contribution < 1.29 is 17.5 Å². The van der Waals surface area contributed by atoms with Crippen molar-refractivity contribution in [1.82, 2.24) is 0 Å². The second-order valence-electron chi connectivity index (χ2n) is 3.85. The van der Waals surface area contributed by atoms with Gasteiger partial charge in [0.1, 0.15) is 6.61 Å². The summed E-state index contributed by atoms with van der Waals surface area (Å²) in [6, 6.07) is 4.58. The molecule has 0 heterocycles. The van der Waals surface area contributed by atoms with E-state index in [1.807, 2.05) is 0 Å². The molecule has 2 N–H and O–H groups in total. The molecular weight excluding hydrogens is 257 g/mol. The summed E-state index contributed by atoms with van der Waals surface area (Å²) in [4.78, 5) is 0. The van der Waals surface area contributed by atoms with E-state index in [0.29, 0.717) is 18.5 Å². The molecule has 0 aliphatic heterocycles. The van der Waals surface area contributed by atoms with Crippen LogP contribution in [0.2, 0.25) is 0 Å². The van der Waals surface area contributed by atoms with Crippen molar-refractivity contribution in [2.45, 2.75) is 13.3 Å². The fourth-order valence-electron chi connectivity index (χ4n) is 1.48. The van der Waals surface area contributed by atoms with Crippen LogP contribution in [0.5, 0.6) is 5.75 Å². The fourth-order valence-corrected chi connectivity index (χ4v) is 2.11. The number of hydrogen-bond acceptors (Lipinski definition) is 4. The molecule has 6 heteroatoms. The van der Waals surface area contributed by atoms with Crippen LogP contribution in [-0.2, 0) is 16.3 Å². The van der Waals surface area contributed by atoms with Gasteiger partial charge in [-0.2, -0.15) is 0 Å². The van der Waals surface area contributed by atoms with Gasteiger partial charge in [-0.15, -0.1) is 0 Å². The molecule has 0 saturated heterocycles. The normalized spacial score (nSPS) is 11.5. The van der Waals surface area contributed by atoms with Crippen LogP contribution in [0.15, 0.2) is 18.2 Å². The van der Waals surface area contributed by atoms with E-state index in [4.69, 9.17) is 10.5 Å². The molecule has 4 nitrogen and oxygen atoms in total. The van der Waals surface area contributed by atoms with Crippen LogP contribution in [-0.4, -0.2) is 33.1 Å². The lowest BCUT2D eigenvalue weighted by Crippen LogP contribution is -2.17. The first-order chi connectivity index (χ1) is 8.50. The summed E-state index contributed by atoms with van der Waals surface area (Å²) in [7, 11) is -3.10. The number of nitrogens with two attached hydrogens (primary N) is 1. The minimum atomic E-state index is -3.10. The van der Waals surface area contributed by atoms with Crippen molar-refractivity contribution in [3.8, 4) is 5.75 Å². The lowest BCUT2D eigenvalue weighted by molar-refractivity contribution is 0.318. The molecule has 102 valence electrons. The Bertz CT molecular complexity index is 488. The number of ether oxygens (including phenoxy) is 1. The zero-order chi connectivity index (χ0) is 13.6. The minimum Gasteiger partial charge on any atom is -0.489 e. The second-order valence-corrected chi connectivity index (χ2v) is 6.32. The van der Waals surface area contributed by atoms with Gasteiger partial charge >= 0.3 is 0 Å². The highest BCUT2D eigenvalue weighted by atomic mass is 32.2. The SMILES string of the molecule is CCS(=O)(=O)CCOc1c(F)cccc1CCN. The third-order valence-electron chi connectivity index (χ3n) is 2.54. The van der Waals surface area contributed by atoms with Crippen molar-refractivity contribution in [1.29, 1.82) is 0 Å². The monoisotopic (exact) mass is 275 g/mol. The van der Waals surface area contributed by atoms with Crippen LogP contribution in [0.3, 0.4) is 0 Å². The first-order valence-electron chi connectivity index (χ1n) is 5.81.